The lowest BCUT2D eigenvalue weighted by Crippen LogP contribution is -1.92. The van der Waals surface area contributed by atoms with Gasteiger partial charge in [-0.1, -0.05) is 12.1 Å². The normalized spacial score (nSPS) is 10.3. The quantitative estimate of drug-likeness (QED) is 0.747. The molecular formula is C11H9FN2S. The van der Waals surface area contributed by atoms with Crippen molar-refractivity contribution in [2.24, 2.45) is 0 Å². The van der Waals surface area contributed by atoms with Gasteiger partial charge < -0.3 is 4.98 Å². The molecule has 0 unspecified atom stereocenters. The summed E-state index contributed by atoms with van der Waals surface area (Å²) in [6, 6.07) is 8.29. The fourth-order valence-electron chi connectivity index (χ4n) is 1.39. The Morgan fingerprint density at radius 2 is 2.07 bits per heavy atom. The van der Waals surface area contributed by atoms with E-state index in [1.807, 2.05) is 6.92 Å². The number of nitrogens with one attached hydrogen (secondary N) is 1. The predicted octanol–water partition coefficient (Wildman–Crippen LogP) is 3.25. The summed E-state index contributed by atoms with van der Waals surface area (Å²) in [5, 5.41) is 0. The Labute approximate surface area is 91.8 Å². The number of H-pyrrole nitrogens is 1. The van der Waals surface area contributed by atoms with Crippen molar-refractivity contribution >= 4 is 12.2 Å². The first kappa shape index (κ1) is 9.98. The fraction of sp³-hybridized carbons (Fsp3) is 0.0909. The van der Waals surface area contributed by atoms with Crippen molar-refractivity contribution in [3.8, 4) is 11.3 Å². The van der Waals surface area contributed by atoms with Gasteiger partial charge in [-0.25, -0.2) is 9.37 Å². The minimum absolute atomic E-state index is 0.287. The molecule has 1 aromatic carbocycles. The predicted molar refractivity (Wildman–Crippen MR) is 59.6 cm³/mol. The van der Waals surface area contributed by atoms with Crippen molar-refractivity contribution in [2.45, 2.75) is 6.92 Å². The first-order valence-electron chi connectivity index (χ1n) is 4.50. The van der Waals surface area contributed by atoms with Crippen LogP contribution in [0.4, 0.5) is 4.39 Å². The SMILES string of the molecule is Cc1cc(-c2ccccc2F)nc(=S)[nH]1. The smallest absolute Gasteiger partial charge is 0.197 e. The average molecular weight is 220 g/mol. The van der Waals surface area contributed by atoms with Gasteiger partial charge in [0.2, 0.25) is 0 Å². The number of benzene rings is 1. The van der Waals surface area contributed by atoms with Gasteiger partial charge in [0.25, 0.3) is 0 Å². The number of halogens is 1. The van der Waals surface area contributed by atoms with Gasteiger partial charge in [-0.3, -0.25) is 0 Å². The van der Waals surface area contributed by atoms with Gasteiger partial charge in [0, 0.05) is 11.3 Å². The van der Waals surface area contributed by atoms with E-state index in [0.717, 1.165) is 5.69 Å². The molecule has 0 bridgehead atoms. The van der Waals surface area contributed by atoms with E-state index < -0.39 is 0 Å². The summed E-state index contributed by atoms with van der Waals surface area (Å²) in [6.07, 6.45) is 0. The van der Waals surface area contributed by atoms with E-state index in [0.29, 0.717) is 16.0 Å². The molecule has 15 heavy (non-hydrogen) atoms. The Kier molecular flexibility index (Phi) is 2.60. The summed E-state index contributed by atoms with van der Waals surface area (Å²) in [6.45, 7) is 1.86. The van der Waals surface area contributed by atoms with E-state index in [1.54, 1.807) is 24.3 Å². The molecule has 0 amide bonds. The number of hydrogen-bond acceptors (Lipinski definition) is 2. The number of aromatic amines is 1. The third-order valence-corrected chi connectivity index (χ3v) is 2.22. The highest BCUT2D eigenvalue weighted by Gasteiger charge is 2.05. The molecule has 2 nitrogen and oxygen atoms in total. The molecule has 0 spiro atoms. The maximum absolute atomic E-state index is 13.5. The molecule has 0 aliphatic heterocycles. The highest BCUT2D eigenvalue weighted by molar-refractivity contribution is 7.71. The van der Waals surface area contributed by atoms with Crippen LogP contribution < -0.4 is 0 Å². The Morgan fingerprint density at radius 1 is 1.33 bits per heavy atom. The van der Waals surface area contributed by atoms with Crippen LogP contribution >= 0.6 is 12.2 Å². The number of aryl methyl sites for hydroxylation is 1. The molecule has 1 N–H and O–H groups in total. The highest BCUT2D eigenvalue weighted by atomic mass is 32.1. The van der Waals surface area contributed by atoms with Gasteiger partial charge >= 0.3 is 0 Å². The van der Waals surface area contributed by atoms with Crippen LogP contribution in [0.5, 0.6) is 0 Å². The molecule has 0 saturated heterocycles. The lowest BCUT2D eigenvalue weighted by Gasteiger charge is -2.03. The van der Waals surface area contributed by atoms with Crippen molar-refractivity contribution < 1.29 is 4.39 Å². The Bertz CT molecular complexity index is 548. The van der Waals surface area contributed by atoms with Gasteiger partial charge in [-0.2, -0.15) is 0 Å². The van der Waals surface area contributed by atoms with Crippen LogP contribution in [-0.2, 0) is 0 Å². The molecule has 0 aliphatic carbocycles. The van der Waals surface area contributed by atoms with Crippen molar-refractivity contribution in [3.05, 3.63) is 46.6 Å². The van der Waals surface area contributed by atoms with E-state index in [9.17, 15) is 4.39 Å². The standard InChI is InChI=1S/C11H9FN2S/c1-7-6-10(14-11(15)13-7)8-4-2-3-5-9(8)12/h2-6H,1H3,(H,13,14,15). The van der Waals surface area contributed by atoms with Crippen LogP contribution in [-0.4, -0.2) is 9.97 Å². The molecule has 2 rings (SSSR count). The van der Waals surface area contributed by atoms with Crippen LogP contribution in [0.25, 0.3) is 11.3 Å². The first-order chi connectivity index (χ1) is 7.16. The Balaban J connectivity index is 2.64. The topological polar surface area (TPSA) is 28.7 Å². The molecule has 0 fully saturated rings. The second-order valence-corrected chi connectivity index (χ2v) is 3.62. The Morgan fingerprint density at radius 3 is 2.73 bits per heavy atom. The summed E-state index contributed by atoms with van der Waals surface area (Å²) in [5.41, 5.74) is 1.91. The second kappa shape index (κ2) is 3.90. The van der Waals surface area contributed by atoms with Crippen molar-refractivity contribution in [3.63, 3.8) is 0 Å². The van der Waals surface area contributed by atoms with Crippen molar-refractivity contribution in [1.29, 1.82) is 0 Å². The maximum atomic E-state index is 13.5. The number of hydrogen-bond donors (Lipinski definition) is 1. The zero-order valence-corrected chi connectivity index (χ0v) is 8.94. The van der Waals surface area contributed by atoms with E-state index in [2.05, 4.69) is 9.97 Å². The number of nitrogens with zero attached hydrogens (tertiary/aromatic N) is 1. The van der Waals surface area contributed by atoms with E-state index in [1.165, 1.54) is 6.07 Å². The largest absolute Gasteiger partial charge is 0.335 e. The maximum Gasteiger partial charge on any atom is 0.197 e. The minimum Gasteiger partial charge on any atom is -0.335 e. The molecule has 0 saturated carbocycles. The van der Waals surface area contributed by atoms with Crippen molar-refractivity contribution in [1.82, 2.24) is 9.97 Å². The molecule has 76 valence electrons. The zero-order chi connectivity index (χ0) is 10.8. The molecule has 0 atom stereocenters. The van der Waals surface area contributed by atoms with Gasteiger partial charge in [0.15, 0.2) is 4.77 Å². The van der Waals surface area contributed by atoms with Crippen LogP contribution in [0.3, 0.4) is 0 Å². The summed E-state index contributed by atoms with van der Waals surface area (Å²) in [7, 11) is 0. The molecule has 1 aromatic heterocycles. The molecule has 2 aromatic rings. The first-order valence-corrected chi connectivity index (χ1v) is 4.90. The minimum atomic E-state index is -0.287. The van der Waals surface area contributed by atoms with Gasteiger partial charge in [0.1, 0.15) is 5.82 Å². The van der Waals surface area contributed by atoms with Crippen LogP contribution in [0, 0.1) is 17.5 Å². The van der Waals surface area contributed by atoms with Crippen LogP contribution in [0.2, 0.25) is 0 Å². The lowest BCUT2D eigenvalue weighted by atomic mass is 10.1. The van der Waals surface area contributed by atoms with Gasteiger partial charge in [0.05, 0.1) is 5.69 Å². The molecule has 1 heterocycles. The van der Waals surface area contributed by atoms with E-state index in [-0.39, 0.29) is 5.82 Å². The van der Waals surface area contributed by atoms with Crippen molar-refractivity contribution in [2.75, 3.05) is 0 Å². The summed E-state index contributed by atoms with van der Waals surface area (Å²) >= 11 is 4.94. The lowest BCUT2D eigenvalue weighted by molar-refractivity contribution is 0.630. The highest BCUT2D eigenvalue weighted by Crippen LogP contribution is 2.20. The monoisotopic (exact) mass is 220 g/mol. The molecule has 0 aliphatic rings. The van der Waals surface area contributed by atoms with Crippen LogP contribution in [0.15, 0.2) is 30.3 Å². The summed E-state index contributed by atoms with van der Waals surface area (Å²) in [4.78, 5) is 6.97. The fourth-order valence-corrected chi connectivity index (χ4v) is 1.65. The third kappa shape index (κ3) is 2.10. The summed E-state index contributed by atoms with van der Waals surface area (Å²) < 4.78 is 13.8. The van der Waals surface area contributed by atoms with Gasteiger partial charge in [-0.15, -0.1) is 0 Å². The third-order valence-electron chi connectivity index (χ3n) is 2.03. The molecular weight excluding hydrogens is 211 g/mol. The zero-order valence-electron chi connectivity index (χ0n) is 8.12. The van der Waals surface area contributed by atoms with E-state index >= 15 is 0 Å². The van der Waals surface area contributed by atoms with Gasteiger partial charge in [-0.05, 0) is 37.3 Å². The second-order valence-electron chi connectivity index (χ2n) is 3.23. The molecule has 4 heteroatoms. The average Bonchev–Trinajstić information content (AvgIpc) is 2.16. The number of aromatic nitrogens is 2. The van der Waals surface area contributed by atoms with Crippen LogP contribution in [0.1, 0.15) is 5.69 Å². The Hall–Kier alpha value is -1.55. The number of rotatable bonds is 1. The summed E-state index contributed by atoms with van der Waals surface area (Å²) in [5.74, 6) is -0.287. The van der Waals surface area contributed by atoms with E-state index in [4.69, 9.17) is 12.2 Å². The molecule has 0 radical (unpaired) electrons.